The molecule has 1 aromatic carbocycles. The molecule has 16 heavy (non-hydrogen) atoms. The number of carbonyl (C=O) groups excluding carboxylic acids is 1. The minimum Gasteiger partial charge on any atom is -0.389 e. The molecule has 2 amide bonds. The number of carbonyl (C=O) groups is 1. The summed E-state index contributed by atoms with van der Waals surface area (Å²) in [6.45, 7) is 3.79. The number of nitrogens with two attached hydrogens (primary N) is 1. The van der Waals surface area contributed by atoms with E-state index in [0.717, 1.165) is 5.56 Å². The van der Waals surface area contributed by atoms with Crippen molar-refractivity contribution in [2.75, 3.05) is 5.32 Å². The van der Waals surface area contributed by atoms with Crippen LogP contribution in [0.4, 0.5) is 10.5 Å². The lowest BCUT2D eigenvalue weighted by Crippen LogP contribution is -2.34. The summed E-state index contributed by atoms with van der Waals surface area (Å²) in [5.41, 5.74) is 6.90. The van der Waals surface area contributed by atoms with Gasteiger partial charge in [-0.2, -0.15) is 0 Å². The Kier molecular flexibility index (Phi) is 4.25. The van der Waals surface area contributed by atoms with E-state index in [2.05, 4.69) is 10.6 Å². The van der Waals surface area contributed by atoms with Gasteiger partial charge in [0, 0.05) is 17.3 Å². The first kappa shape index (κ1) is 12.4. The number of thiocarbonyl (C=S) groups is 1. The number of hydrogen-bond donors (Lipinski definition) is 3. The van der Waals surface area contributed by atoms with E-state index in [1.54, 1.807) is 24.3 Å². The molecule has 1 aromatic rings. The second-order valence-electron chi connectivity index (χ2n) is 3.70. The Labute approximate surface area is 100 Å². The Morgan fingerprint density at radius 2 is 2.12 bits per heavy atom. The van der Waals surface area contributed by atoms with E-state index < -0.39 is 0 Å². The van der Waals surface area contributed by atoms with Crippen molar-refractivity contribution >= 4 is 28.9 Å². The molecule has 0 bridgehead atoms. The fourth-order valence-electron chi connectivity index (χ4n) is 1.18. The van der Waals surface area contributed by atoms with Gasteiger partial charge < -0.3 is 16.4 Å². The molecular formula is C11H15N3OS. The van der Waals surface area contributed by atoms with Gasteiger partial charge in [0.25, 0.3) is 0 Å². The predicted octanol–water partition coefficient (Wildman–Crippen LogP) is 1.85. The summed E-state index contributed by atoms with van der Waals surface area (Å²) in [5.74, 6) is 0. The molecule has 0 aliphatic rings. The average Bonchev–Trinajstić information content (AvgIpc) is 2.16. The van der Waals surface area contributed by atoms with Crippen LogP contribution in [-0.4, -0.2) is 17.1 Å². The van der Waals surface area contributed by atoms with E-state index in [4.69, 9.17) is 18.0 Å². The molecule has 0 unspecified atom stereocenters. The van der Waals surface area contributed by atoms with Crippen molar-refractivity contribution in [2.24, 2.45) is 5.73 Å². The predicted molar refractivity (Wildman–Crippen MR) is 69.6 cm³/mol. The molecule has 0 fully saturated rings. The number of amides is 2. The second-order valence-corrected chi connectivity index (χ2v) is 4.14. The van der Waals surface area contributed by atoms with Crippen LogP contribution in [0, 0.1) is 0 Å². The normalized spacial score (nSPS) is 9.94. The second kappa shape index (κ2) is 5.46. The minimum absolute atomic E-state index is 0.0961. The van der Waals surface area contributed by atoms with Crippen molar-refractivity contribution in [3.63, 3.8) is 0 Å². The molecule has 5 heteroatoms. The van der Waals surface area contributed by atoms with E-state index >= 15 is 0 Å². The van der Waals surface area contributed by atoms with Gasteiger partial charge in [-0.3, -0.25) is 0 Å². The third-order valence-electron chi connectivity index (χ3n) is 1.82. The van der Waals surface area contributed by atoms with E-state index in [1.165, 1.54) is 0 Å². The van der Waals surface area contributed by atoms with Crippen LogP contribution in [-0.2, 0) is 0 Å². The Morgan fingerprint density at radius 1 is 1.44 bits per heavy atom. The van der Waals surface area contributed by atoms with E-state index in [0.29, 0.717) is 10.7 Å². The molecule has 0 saturated carbocycles. The van der Waals surface area contributed by atoms with Gasteiger partial charge in [-0.15, -0.1) is 0 Å². The Hall–Kier alpha value is -1.62. The van der Waals surface area contributed by atoms with Crippen molar-refractivity contribution in [3.8, 4) is 0 Å². The highest BCUT2D eigenvalue weighted by molar-refractivity contribution is 7.80. The molecule has 0 spiro atoms. The maximum absolute atomic E-state index is 11.4. The van der Waals surface area contributed by atoms with E-state index in [-0.39, 0.29) is 12.1 Å². The summed E-state index contributed by atoms with van der Waals surface area (Å²) in [6.07, 6.45) is 0. The highest BCUT2D eigenvalue weighted by Gasteiger charge is 2.04. The maximum Gasteiger partial charge on any atom is 0.319 e. The van der Waals surface area contributed by atoms with Crippen LogP contribution < -0.4 is 16.4 Å². The lowest BCUT2D eigenvalue weighted by Gasteiger charge is -2.10. The first-order chi connectivity index (χ1) is 7.49. The van der Waals surface area contributed by atoms with Crippen LogP contribution in [0.1, 0.15) is 19.4 Å². The zero-order chi connectivity index (χ0) is 12.1. The van der Waals surface area contributed by atoms with Crippen molar-refractivity contribution < 1.29 is 4.79 Å². The zero-order valence-electron chi connectivity index (χ0n) is 9.28. The highest BCUT2D eigenvalue weighted by atomic mass is 32.1. The summed E-state index contributed by atoms with van der Waals surface area (Å²) in [4.78, 5) is 11.7. The number of benzene rings is 1. The van der Waals surface area contributed by atoms with Gasteiger partial charge in [-0.05, 0) is 26.0 Å². The molecule has 1 rings (SSSR count). The molecule has 4 N–H and O–H groups in total. The van der Waals surface area contributed by atoms with Gasteiger partial charge in [0.05, 0.1) is 0 Å². The molecule has 4 nitrogen and oxygen atoms in total. The van der Waals surface area contributed by atoms with Crippen LogP contribution >= 0.6 is 12.2 Å². The van der Waals surface area contributed by atoms with Gasteiger partial charge in [-0.25, -0.2) is 4.79 Å². The van der Waals surface area contributed by atoms with Gasteiger partial charge >= 0.3 is 6.03 Å². The molecule has 0 aliphatic carbocycles. The number of urea groups is 1. The minimum atomic E-state index is -0.241. The molecule has 0 atom stereocenters. The fraction of sp³-hybridized carbons (Fsp3) is 0.273. The molecular weight excluding hydrogens is 222 g/mol. The monoisotopic (exact) mass is 237 g/mol. The van der Waals surface area contributed by atoms with Gasteiger partial charge in [0.2, 0.25) is 0 Å². The Morgan fingerprint density at radius 3 is 2.69 bits per heavy atom. The number of rotatable bonds is 3. The third-order valence-corrected chi connectivity index (χ3v) is 2.06. The van der Waals surface area contributed by atoms with Crippen LogP contribution in [0.25, 0.3) is 0 Å². The smallest absolute Gasteiger partial charge is 0.319 e. The standard InChI is InChI=1S/C11H15N3OS/c1-7(2)13-11(15)14-9-5-3-4-8(6-9)10(12)16/h3-7H,1-2H3,(H2,12,16)(H2,13,14,15). The molecule has 86 valence electrons. The zero-order valence-corrected chi connectivity index (χ0v) is 10.1. The molecule has 0 aromatic heterocycles. The average molecular weight is 237 g/mol. The Balaban J connectivity index is 2.70. The summed E-state index contributed by atoms with van der Waals surface area (Å²) in [6, 6.07) is 6.96. The van der Waals surface area contributed by atoms with Crippen molar-refractivity contribution in [2.45, 2.75) is 19.9 Å². The summed E-state index contributed by atoms with van der Waals surface area (Å²) in [5, 5.41) is 5.43. The van der Waals surface area contributed by atoms with E-state index in [1.807, 2.05) is 13.8 Å². The first-order valence-electron chi connectivity index (χ1n) is 4.96. The largest absolute Gasteiger partial charge is 0.389 e. The lowest BCUT2D eigenvalue weighted by molar-refractivity contribution is 0.250. The van der Waals surface area contributed by atoms with Crippen LogP contribution in [0.5, 0.6) is 0 Å². The van der Waals surface area contributed by atoms with Crippen LogP contribution in [0.3, 0.4) is 0 Å². The molecule has 0 heterocycles. The Bertz CT molecular complexity index is 404. The van der Waals surface area contributed by atoms with Crippen molar-refractivity contribution in [1.82, 2.24) is 5.32 Å². The highest BCUT2D eigenvalue weighted by Crippen LogP contribution is 2.10. The number of nitrogens with one attached hydrogen (secondary N) is 2. The third kappa shape index (κ3) is 3.86. The topological polar surface area (TPSA) is 67.2 Å². The summed E-state index contributed by atoms with van der Waals surface area (Å²) < 4.78 is 0. The SMILES string of the molecule is CC(C)NC(=O)Nc1cccc(C(N)=S)c1. The summed E-state index contributed by atoms with van der Waals surface area (Å²) in [7, 11) is 0. The molecule has 0 saturated heterocycles. The van der Waals surface area contributed by atoms with Crippen LogP contribution in [0.2, 0.25) is 0 Å². The maximum atomic E-state index is 11.4. The summed E-state index contributed by atoms with van der Waals surface area (Å²) >= 11 is 4.85. The van der Waals surface area contributed by atoms with Gasteiger partial charge in [0.1, 0.15) is 4.99 Å². The fourth-order valence-corrected chi connectivity index (χ4v) is 1.31. The first-order valence-corrected chi connectivity index (χ1v) is 5.37. The lowest BCUT2D eigenvalue weighted by atomic mass is 10.2. The quantitative estimate of drug-likeness (QED) is 0.703. The van der Waals surface area contributed by atoms with Gasteiger partial charge in [-0.1, -0.05) is 24.4 Å². The molecule has 0 radical (unpaired) electrons. The number of hydrogen-bond acceptors (Lipinski definition) is 2. The van der Waals surface area contributed by atoms with E-state index in [9.17, 15) is 4.79 Å². The van der Waals surface area contributed by atoms with Gasteiger partial charge in [0.15, 0.2) is 0 Å². The molecule has 0 aliphatic heterocycles. The van der Waals surface area contributed by atoms with Crippen molar-refractivity contribution in [3.05, 3.63) is 29.8 Å². The number of anilines is 1. The van der Waals surface area contributed by atoms with Crippen LogP contribution in [0.15, 0.2) is 24.3 Å². The van der Waals surface area contributed by atoms with Crippen molar-refractivity contribution in [1.29, 1.82) is 0 Å².